The number of hydrogen-bond donors (Lipinski definition) is 1. The van der Waals surface area contributed by atoms with E-state index in [0.717, 1.165) is 0 Å². The number of anilines is 1. The van der Waals surface area contributed by atoms with Crippen molar-refractivity contribution in [3.05, 3.63) is 93.8 Å². The molecule has 32 heavy (non-hydrogen) atoms. The molecule has 3 aromatic rings. The van der Waals surface area contributed by atoms with E-state index in [4.69, 9.17) is 16.3 Å². The number of pyridine rings is 1. The lowest BCUT2D eigenvalue weighted by Gasteiger charge is -2.27. The largest absolute Gasteiger partial charge is 0.507 e. The molecule has 1 fully saturated rings. The fourth-order valence-corrected chi connectivity index (χ4v) is 4.13. The molecule has 0 bridgehead atoms. The van der Waals surface area contributed by atoms with Gasteiger partial charge in [0.15, 0.2) is 0 Å². The summed E-state index contributed by atoms with van der Waals surface area (Å²) in [6, 6.07) is 12.9. The highest BCUT2D eigenvalue weighted by Gasteiger charge is 2.47. The second-order valence-electron chi connectivity index (χ2n) is 7.52. The van der Waals surface area contributed by atoms with E-state index in [0.29, 0.717) is 38.7 Å². The standard InChI is InChI=1S/C25H21ClN2O4/c1-14-12-17(32-3)9-10-18(14)23(29)21-22(16-6-5-11-27-13-16)28(25(31)24(21)30)20-8-4-7-19(26)15(20)2/h4-13,22,29H,1-3H3/b23-21+. The minimum Gasteiger partial charge on any atom is -0.507 e. The van der Waals surface area contributed by atoms with Crippen molar-refractivity contribution in [3.8, 4) is 5.75 Å². The maximum atomic E-state index is 13.2. The highest BCUT2D eigenvalue weighted by atomic mass is 35.5. The van der Waals surface area contributed by atoms with Crippen LogP contribution in [0, 0.1) is 13.8 Å². The van der Waals surface area contributed by atoms with Crippen molar-refractivity contribution >= 4 is 34.7 Å². The Balaban J connectivity index is 1.98. The van der Waals surface area contributed by atoms with Gasteiger partial charge in [-0.2, -0.15) is 0 Å². The molecule has 6 nitrogen and oxygen atoms in total. The number of aliphatic hydroxyl groups is 1. The average molecular weight is 449 g/mol. The Bertz CT molecular complexity index is 1250. The highest BCUT2D eigenvalue weighted by molar-refractivity contribution is 6.52. The molecule has 2 heterocycles. The maximum Gasteiger partial charge on any atom is 0.300 e. The molecule has 1 amide bonds. The molecule has 1 atom stereocenters. The second kappa shape index (κ2) is 8.48. The van der Waals surface area contributed by atoms with Crippen LogP contribution in [0.2, 0.25) is 5.02 Å². The Hall–Kier alpha value is -3.64. The first kappa shape index (κ1) is 21.6. The van der Waals surface area contributed by atoms with Gasteiger partial charge in [-0.1, -0.05) is 23.7 Å². The molecule has 1 unspecified atom stereocenters. The zero-order valence-corrected chi connectivity index (χ0v) is 18.6. The van der Waals surface area contributed by atoms with Gasteiger partial charge in [-0.05, 0) is 66.9 Å². The number of methoxy groups -OCH3 is 1. The molecular formula is C25H21ClN2O4. The monoisotopic (exact) mass is 448 g/mol. The summed E-state index contributed by atoms with van der Waals surface area (Å²) in [6.07, 6.45) is 3.19. The number of halogens is 1. The third-order valence-corrected chi connectivity index (χ3v) is 6.04. The van der Waals surface area contributed by atoms with E-state index in [1.807, 2.05) is 0 Å². The first-order valence-corrected chi connectivity index (χ1v) is 10.3. The quantitative estimate of drug-likeness (QED) is 0.345. The molecule has 162 valence electrons. The van der Waals surface area contributed by atoms with Gasteiger partial charge in [0.05, 0.1) is 18.7 Å². The number of hydrogen-bond acceptors (Lipinski definition) is 5. The number of carbonyl (C=O) groups excluding carboxylic acids is 2. The molecule has 2 aromatic carbocycles. The Labute approximate surface area is 190 Å². The van der Waals surface area contributed by atoms with Gasteiger partial charge in [-0.3, -0.25) is 19.5 Å². The first-order valence-electron chi connectivity index (χ1n) is 9.96. The van der Waals surface area contributed by atoms with E-state index in [1.165, 1.54) is 4.90 Å². The Morgan fingerprint density at radius 3 is 2.56 bits per heavy atom. The SMILES string of the molecule is COc1ccc(/C(O)=C2\C(=O)C(=O)N(c3cccc(Cl)c3C)C2c2cccnc2)c(C)c1. The topological polar surface area (TPSA) is 79.7 Å². The second-order valence-corrected chi connectivity index (χ2v) is 7.93. The minimum absolute atomic E-state index is 0.00403. The van der Waals surface area contributed by atoms with Crippen LogP contribution in [0.5, 0.6) is 5.75 Å². The van der Waals surface area contributed by atoms with Crippen molar-refractivity contribution in [1.29, 1.82) is 0 Å². The number of benzene rings is 2. The fourth-order valence-electron chi connectivity index (χ4n) is 3.97. The number of ether oxygens (including phenoxy) is 1. The van der Waals surface area contributed by atoms with Crippen LogP contribution in [0.15, 0.2) is 66.5 Å². The van der Waals surface area contributed by atoms with Crippen molar-refractivity contribution in [2.45, 2.75) is 19.9 Å². The normalized spacial score (nSPS) is 17.6. The van der Waals surface area contributed by atoms with E-state index in [-0.39, 0.29) is 11.3 Å². The highest BCUT2D eigenvalue weighted by Crippen LogP contribution is 2.44. The lowest BCUT2D eigenvalue weighted by Crippen LogP contribution is -2.30. The van der Waals surface area contributed by atoms with E-state index < -0.39 is 17.7 Å². The minimum atomic E-state index is -0.859. The molecule has 1 N–H and O–H groups in total. The lowest BCUT2D eigenvalue weighted by atomic mass is 9.94. The van der Waals surface area contributed by atoms with Crippen LogP contribution in [0.3, 0.4) is 0 Å². The predicted molar refractivity (Wildman–Crippen MR) is 123 cm³/mol. The third-order valence-electron chi connectivity index (χ3n) is 5.63. The van der Waals surface area contributed by atoms with Crippen molar-refractivity contribution in [3.63, 3.8) is 0 Å². The first-order chi connectivity index (χ1) is 15.3. The number of carbonyl (C=O) groups is 2. The molecule has 7 heteroatoms. The van der Waals surface area contributed by atoms with Gasteiger partial charge in [0.2, 0.25) is 0 Å². The van der Waals surface area contributed by atoms with Crippen molar-refractivity contribution in [1.82, 2.24) is 4.98 Å². The molecule has 1 aliphatic rings. The fraction of sp³-hybridized carbons (Fsp3) is 0.160. The average Bonchev–Trinajstić information content (AvgIpc) is 3.06. The molecule has 0 aliphatic carbocycles. The van der Waals surface area contributed by atoms with E-state index in [9.17, 15) is 14.7 Å². The smallest absolute Gasteiger partial charge is 0.300 e. The summed E-state index contributed by atoms with van der Waals surface area (Å²) in [5, 5.41) is 11.7. The summed E-state index contributed by atoms with van der Waals surface area (Å²) >= 11 is 6.31. The molecule has 0 saturated carbocycles. The molecule has 1 saturated heterocycles. The summed E-state index contributed by atoms with van der Waals surface area (Å²) in [7, 11) is 1.55. The summed E-state index contributed by atoms with van der Waals surface area (Å²) in [6.45, 7) is 3.58. The summed E-state index contributed by atoms with van der Waals surface area (Å²) in [4.78, 5) is 32.0. The Morgan fingerprint density at radius 1 is 1.12 bits per heavy atom. The maximum absolute atomic E-state index is 13.2. The van der Waals surface area contributed by atoms with Crippen molar-refractivity contribution in [2.75, 3.05) is 12.0 Å². The zero-order valence-electron chi connectivity index (χ0n) is 17.8. The number of Topliss-reactive ketones (excluding diaryl/α,β-unsaturated/α-hetero) is 1. The molecule has 0 radical (unpaired) electrons. The van der Waals surface area contributed by atoms with Crippen LogP contribution < -0.4 is 9.64 Å². The third kappa shape index (κ3) is 3.52. The van der Waals surface area contributed by atoms with Gasteiger partial charge >= 0.3 is 0 Å². The van der Waals surface area contributed by atoms with Crippen LogP contribution in [-0.2, 0) is 9.59 Å². The molecule has 4 rings (SSSR count). The predicted octanol–water partition coefficient (Wildman–Crippen LogP) is 4.99. The number of nitrogens with zero attached hydrogens (tertiary/aromatic N) is 2. The number of aryl methyl sites for hydroxylation is 1. The van der Waals surface area contributed by atoms with Crippen molar-refractivity contribution in [2.24, 2.45) is 0 Å². The van der Waals surface area contributed by atoms with E-state index >= 15 is 0 Å². The summed E-state index contributed by atoms with van der Waals surface area (Å²) in [5.74, 6) is -1.14. The van der Waals surface area contributed by atoms with Gasteiger partial charge in [-0.25, -0.2) is 0 Å². The Morgan fingerprint density at radius 2 is 1.91 bits per heavy atom. The number of rotatable bonds is 4. The van der Waals surface area contributed by atoms with Gasteiger partial charge < -0.3 is 9.84 Å². The van der Waals surface area contributed by atoms with Crippen molar-refractivity contribution < 1.29 is 19.4 Å². The van der Waals surface area contributed by atoms with Crippen LogP contribution in [0.4, 0.5) is 5.69 Å². The number of aromatic nitrogens is 1. The number of amides is 1. The van der Waals surface area contributed by atoms with Crippen LogP contribution >= 0.6 is 11.6 Å². The molecule has 0 spiro atoms. The van der Waals surface area contributed by atoms with Crippen LogP contribution in [-0.4, -0.2) is 28.9 Å². The number of ketones is 1. The molecule has 1 aromatic heterocycles. The van der Waals surface area contributed by atoms with Crippen LogP contribution in [0.25, 0.3) is 5.76 Å². The lowest BCUT2D eigenvalue weighted by molar-refractivity contribution is -0.132. The molecule has 1 aliphatic heterocycles. The van der Waals surface area contributed by atoms with Gasteiger partial charge in [-0.15, -0.1) is 0 Å². The van der Waals surface area contributed by atoms with Gasteiger partial charge in [0.1, 0.15) is 11.5 Å². The van der Waals surface area contributed by atoms with Gasteiger partial charge in [0.25, 0.3) is 11.7 Å². The van der Waals surface area contributed by atoms with E-state index in [2.05, 4.69) is 4.98 Å². The summed E-state index contributed by atoms with van der Waals surface area (Å²) < 4.78 is 5.24. The van der Waals surface area contributed by atoms with Crippen LogP contribution in [0.1, 0.15) is 28.3 Å². The molecular weight excluding hydrogens is 428 g/mol. The van der Waals surface area contributed by atoms with E-state index in [1.54, 1.807) is 81.9 Å². The zero-order chi connectivity index (χ0) is 23.0. The Kier molecular flexibility index (Phi) is 5.72. The number of aliphatic hydroxyl groups excluding tert-OH is 1. The summed E-state index contributed by atoms with van der Waals surface area (Å²) in [5.41, 5.74) is 2.90. The van der Waals surface area contributed by atoms with Gasteiger partial charge in [0, 0.05) is 28.7 Å².